The number of halogens is 4. The highest BCUT2D eigenvalue weighted by Crippen LogP contribution is 2.48. The summed E-state index contributed by atoms with van der Waals surface area (Å²) in [5.74, 6) is -2.42. The molecule has 0 unspecified atom stereocenters. The van der Waals surface area contributed by atoms with Gasteiger partial charge in [-0.25, -0.2) is 17.2 Å². The van der Waals surface area contributed by atoms with Crippen LogP contribution in [0.15, 0.2) is 49.6 Å². The van der Waals surface area contributed by atoms with E-state index in [2.05, 4.69) is 40.5 Å². The molecule has 0 aromatic heterocycles. The fourth-order valence-corrected chi connectivity index (χ4v) is 5.89. The molecule has 1 saturated carbocycles. The minimum atomic E-state index is -3.92. The summed E-state index contributed by atoms with van der Waals surface area (Å²) in [5, 5.41) is 0.364. The maximum Gasteiger partial charge on any atom is 0.238 e. The topological polar surface area (TPSA) is 55.4 Å². The predicted octanol–water partition coefficient (Wildman–Crippen LogP) is 6.23. The first-order valence-electron chi connectivity index (χ1n) is 9.46. The number of allylic oxidation sites excluding steroid dienone is 1. The van der Waals surface area contributed by atoms with E-state index in [4.69, 9.17) is 16.3 Å². The molecule has 0 amide bonds. The first-order chi connectivity index (χ1) is 14.6. The van der Waals surface area contributed by atoms with Crippen LogP contribution in [0.25, 0.3) is 0 Å². The van der Waals surface area contributed by atoms with Gasteiger partial charge in [-0.2, -0.15) is 0 Å². The van der Waals surface area contributed by atoms with Crippen LogP contribution >= 0.6 is 34.2 Å². The summed E-state index contributed by atoms with van der Waals surface area (Å²) in [7, 11) is -3.92. The Kier molecular flexibility index (Phi) is 7.32. The zero-order valence-electron chi connectivity index (χ0n) is 16.6. The largest absolute Gasteiger partial charge is 0.487 e. The van der Waals surface area contributed by atoms with Crippen LogP contribution in [-0.4, -0.2) is 19.8 Å². The van der Waals surface area contributed by atoms with Crippen molar-refractivity contribution in [3.05, 3.63) is 80.9 Å². The number of sulfonamides is 1. The third-order valence-corrected chi connectivity index (χ3v) is 8.36. The Balaban J connectivity index is 2.13. The summed E-state index contributed by atoms with van der Waals surface area (Å²) in [5.41, 5.74) is 0.208. The Morgan fingerprint density at radius 2 is 1.94 bits per heavy atom. The molecule has 0 aliphatic heterocycles. The molecule has 0 heterocycles. The first kappa shape index (κ1) is 24.0. The van der Waals surface area contributed by atoms with Gasteiger partial charge in [-0.15, -0.1) is 6.58 Å². The second-order valence-corrected chi connectivity index (χ2v) is 11.0. The summed E-state index contributed by atoms with van der Waals surface area (Å²) in [6, 6.07) is 6.00. The van der Waals surface area contributed by atoms with Crippen LogP contribution in [0.2, 0.25) is 5.02 Å². The normalized spacial score (nSPS) is 14.7. The molecule has 1 aliphatic carbocycles. The van der Waals surface area contributed by atoms with E-state index in [9.17, 15) is 17.2 Å². The first-order valence-corrected chi connectivity index (χ1v) is 12.4. The van der Waals surface area contributed by atoms with E-state index < -0.39 is 26.4 Å². The average Bonchev–Trinajstić information content (AvgIpc) is 3.49. The number of hydrogen-bond donors (Lipinski definition) is 1. The molecular formula is C22H21ClF2INO3S. The maximum atomic E-state index is 15.0. The minimum Gasteiger partial charge on any atom is -0.487 e. The van der Waals surface area contributed by atoms with Gasteiger partial charge in [-0.05, 0) is 59.5 Å². The minimum absolute atomic E-state index is 0.0126. The van der Waals surface area contributed by atoms with Crippen molar-refractivity contribution in [3.63, 3.8) is 0 Å². The number of rotatable bonds is 10. The van der Waals surface area contributed by atoms with Crippen molar-refractivity contribution in [2.24, 2.45) is 0 Å². The van der Waals surface area contributed by atoms with Gasteiger partial charge in [-0.3, -0.25) is 4.72 Å². The number of nitrogens with one attached hydrogen (secondary N) is 1. The Morgan fingerprint density at radius 1 is 1.23 bits per heavy atom. The lowest BCUT2D eigenvalue weighted by molar-refractivity contribution is 0.359. The molecule has 3 rings (SSSR count). The van der Waals surface area contributed by atoms with E-state index in [1.165, 1.54) is 6.08 Å². The molecule has 4 nitrogen and oxygen atoms in total. The van der Waals surface area contributed by atoms with Crippen LogP contribution in [0.5, 0.6) is 5.75 Å². The van der Waals surface area contributed by atoms with E-state index in [1.807, 2.05) is 0 Å². The van der Waals surface area contributed by atoms with Crippen LogP contribution in [0.3, 0.4) is 0 Å². The van der Waals surface area contributed by atoms with Crippen LogP contribution in [0, 0.1) is 15.2 Å². The molecule has 166 valence electrons. The van der Waals surface area contributed by atoms with Crippen LogP contribution in [0.4, 0.5) is 14.5 Å². The lowest BCUT2D eigenvalue weighted by atomic mass is 10.0. The van der Waals surface area contributed by atoms with Gasteiger partial charge in [0.2, 0.25) is 10.0 Å². The number of ether oxygens (including phenoxy) is 1. The highest BCUT2D eigenvalue weighted by Gasteiger charge is 2.54. The summed E-state index contributed by atoms with van der Waals surface area (Å²) >= 11 is 8.37. The predicted molar refractivity (Wildman–Crippen MR) is 128 cm³/mol. The molecule has 31 heavy (non-hydrogen) atoms. The quantitative estimate of drug-likeness (QED) is 0.268. The highest BCUT2D eigenvalue weighted by atomic mass is 127. The van der Waals surface area contributed by atoms with Gasteiger partial charge in [0.25, 0.3) is 0 Å². The van der Waals surface area contributed by atoms with E-state index in [-0.39, 0.29) is 36.4 Å². The molecule has 0 bridgehead atoms. The number of anilines is 1. The molecule has 9 heteroatoms. The zero-order chi connectivity index (χ0) is 22.8. The van der Waals surface area contributed by atoms with E-state index >= 15 is 0 Å². The highest BCUT2D eigenvalue weighted by molar-refractivity contribution is 14.1. The lowest BCUT2D eigenvalue weighted by Gasteiger charge is -2.22. The van der Waals surface area contributed by atoms with Crippen molar-refractivity contribution in [2.45, 2.75) is 30.4 Å². The van der Waals surface area contributed by atoms with E-state index in [0.717, 1.165) is 9.64 Å². The van der Waals surface area contributed by atoms with Gasteiger partial charge in [0.15, 0.2) is 11.6 Å². The smallest absolute Gasteiger partial charge is 0.238 e. The van der Waals surface area contributed by atoms with Crippen molar-refractivity contribution in [2.75, 3.05) is 11.3 Å². The van der Waals surface area contributed by atoms with Crippen molar-refractivity contribution < 1.29 is 21.9 Å². The van der Waals surface area contributed by atoms with Gasteiger partial charge in [0.05, 0.1) is 10.4 Å². The van der Waals surface area contributed by atoms with Gasteiger partial charge in [0.1, 0.15) is 12.4 Å². The summed E-state index contributed by atoms with van der Waals surface area (Å²) < 4.78 is 63.5. The monoisotopic (exact) mass is 579 g/mol. The van der Waals surface area contributed by atoms with E-state index in [0.29, 0.717) is 23.4 Å². The van der Waals surface area contributed by atoms with Crippen molar-refractivity contribution in [1.29, 1.82) is 0 Å². The van der Waals surface area contributed by atoms with Gasteiger partial charge >= 0.3 is 0 Å². The molecule has 2 aromatic carbocycles. The summed E-state index contributed by atoms with van der Waals surface area (Å²) in [4.78, 5) is 0. The zero-order valence-corrected chi connectivity index (χ0v) is 20.3. The summed E-state index contributed by atoms with van der Waals surface area (Å²) in [6.07, 6.45) is 4.01. The Bertz CT molecular complexity index is 1130. The molecular weight excluding hydrogens is 559 g/mol. The molecule has 0 atom stereocenters. The number of benzene rings is 2. The molecule has 2 aromatic rings. The van der Waals surface area contributed by atoms with Gasteiger partial charge in [-0.1, -0.05) is 36.4 Å². The molecule has 1 fully saturated rings. The Morgan fingerprint density at radius 3 is 2.52 bits per heavy atom. The maximum absolute atomic E-state index is 15.0. The van der Waals surface area contributed by atoms with Gasteiger partial charge < -0.3 is 4.74 Å². The van der Waals surface area contributed by atoms with Gasteiger partial charge in [0, 0.05) is 26.6 Å². The van der Waals surface area contributed by atoms with Crippen LogP contribution < -0.4 is 9.46 Å². The second kappa shape index (κ2) is 9.46. The molecule has 1 N–H and O–H groups in total. The van der Waals surface area contributed by atoms with Crippen LogP contribution in [0.1, 0.15) is 30.4 Å². The molecule has 1 aliphatic rings. The van der Waals surface area contributed by atoms with Crippen LogP contribution in [-0.2, 0) is 16.4 Å². The molecule has 0 spiro atoms. The fraction of sp³-hybridized carbons (Fsp3) is 0.273. The van der Waals surface area contributed by atoms with Crippen molar-refractivity contribution >= 4 is 49.9 Å². The average molecular weight is 580 g/mol. The lowest BCUT2D eigenvalue weighted by Crippen LogP contribution is -2.30. The Labute approximate surface area is 199 Å². The number of hydrogen-bond acceptors (Lipinski definition) is 3. The SMILES string of the molecule is C=CCOc1cc(F)c(F)c(Cc2ccc(I)cc2Cl)c1NS(=O)(=O)C1(CC=C)CC1. The van der Waals surface area contributed by atoms with E-state index in [1.54, 1.807) is 24.3 Å². The second-order valence-electron chi connectivity index (χ2n) is 7.32. The Hall–Kier alpha value is -1.65. The standard InChI is InChI=1S/C22H21ClF2INO3S/c1-3-7-22(8-9-22)31(28,29)27-21-16(11-14-5-6-15(26)12-17(14)23)20(25)18(24)13-19(21)30-10-4-2/h3-6,12-13,27H,1-2,7-11H2. The van der Waals surface area contributed by atoms with Crippen molar-refractivity contribution in [1.82, 2.24) is 0 Å². The third kappa shape index (κ3) is 5.06. The third-order valence-electron chi connectivity index (χ3n) is 5.15. The van der Waals surface area contributed by atoms with Crippen molar-refractivity contribution in [3.8, 4) is 5.75 Å². The summed E-state index contributed by atoms with van der Waals surface area (Å²) in [6.45, 7) is 7.16. The fourth-order valence-electron chi connectivity index (χ4n) is 3.28. The molecule has 0 radical (unpaired) electrons. The molecule has 0 saturated heterocycles.